The molecule has 0 spiro atoms. The van der Waals surface area contributed by atoms with Crippen LogP contribution in [0.1, 0.15) is 0 Å². The van der Waals surface area contributed by atoms with Gasteiger partial charge in [0.25, 0.3) is 0 Å². The molecule has 1 aliphatic heterocycles. The summed E-state index contributed by atoms with van der Waals surface area (Å²) in [4.78, 5) is 0. The van der Waals surface area contributed by atoms with E-state index >= 15 is 0 Å². The first-order valence-corrected chi connectivity index (χ1v) is 5.96. The second-order valence-corrected chi connectivity index (χ2v) is 5.57. The minimum atomic E-state index is -0.452. The fraction of sp³-hybridized carbons (Fsp3) is 0.400. The van der Waals surface area contributed by atoms with E-state index in [1.807, 2.05) is 18.2 Å². The van der Waals surface area contributed by atoms with Gasteiger partial charge in [-0.05, 0) is 16.9 Å². The van der Waals surface area contributed by atoms with E-state index in [9.17, 15) is 0 Å². The van der Waals surface area contributed by atoms with Crippen LogP contribution in [0.4, 0.5) is 5.69 Å². The first-order chi connectivity index (χ1) is 6.77. The highest BCUT2D eigenvalue weighted by Gasteiger charge is 2.34. The van der Waals surface area contributed by atoms with Gasteiger partial charge in [0.2, 0.25) is 0 Å². The number of benzene rings is 1. The van der Waals surface area contributed by atoms with Gasteiger partial charge in [-0.25, -0.2) is 0 Å². The van der Waals surface area contributed by atoms with Crippen LogP contribution in [-0.4, -0.2) is 36.5 Å². The molecule has 0 N–H and O–H groups in total. The van der Waals surface area contributed by atoms with Crippen LogP contribution in [-0.2, 0) is 0 Å². The van der Waals surface area contributed by atoms with E-state index in [1.165, 1.54) is 0 Å². The average Bonchev–Trinajstić information content (AvgIpc) is 2.51. The molecular formula is C10H15N3P+. The fourth-order valence-corrected chi connectivity index (χ4v) is 3.18. The van der Waals surface area contributed by atoms with Crippen molar-refractivity contribution in [3.63, 3.8) is 0 Å². The van der Waals surface area contributed by atoms with Crippen molar-refractivity contribution in [3.8, 4) is 0 Å². The van der Waals surface area contributed by atoms with Gasteiger partial charge in [0, 0.05) is 14.1 Å². The van der Waals surface area contributed by atoms with Crippen molar-refractivity contribution in [1.29, 1.82) is 0 Å². The van der Waals surface area contributed by atoms with Crippen LogP contribution >= 0.6 is 8.01 Å². The Morgan fingerprint density at radius 3 is 2.21 bits per heavy atom. The average molecular weight is 208 g/mol. The maximum Gasteiger partial charge on any atom is 0.403 e. The second-order valence-electron chi connectivity index (χ2n) is 3.47. The Hall–Kier alpha value is -0.760. The van der Waals surface area contributed by atoms with E-state index in [2.05, 4.69) is 35.6 Å². The molecule has 0 radical (unpaired) electrons. The molecule has 1 aromatic rings. The lowest BCUT2D eigenvalue weighted by Gasteiger charge is -1.97. The van der Waals surface area contributed by atoms with Crippen LogP contribution < -0.4 is 0 Å². The van der Waals surface area contributed by atoms with Crippen molar-refractivity contribution in [2.75, 3.05) is 27.2 Å². The van der Waals surface area contributed by atoms with Gasteiger partial charge in [-0.2, -0.15) is 0 Å². The molecule has 1 heterocycles. The summed E-state index contributed by atoms with van der Waals surface area (Å²) in [5.74, 6) is 0. The number of nitrogens with zero attached hydrogens (tertiary/aromatic N) is 3. The molecule has 0 aromatic heterocycles. The van der Waals surface area contributed by atoms with E-state index in [-0.39, 0.29) is 0 Å². The first-order valence-electron chi connectivity index (χ1n) is 4.76. The summed E-state index contributed by atoms with van der Waals surface area (Å²) in [5, 5.41) is 0. The zero-order valence-corrected chi connectivity index (χ0v) is 9.48. The molecule has 1 aliphatic rings. The van der Waals surface area contributed by atoms with Crippen molar-refractivity contribution < 1.29 is 0 Å². The third-order valence-corrected chi connectivity index (χ3v) is 4.35. The molecule has 1 saturated heterocycles. The Kier molecular flexibility index (Phi) is 2.92. The molecule has 0 unspecified atom stereocenters. The number of rotatable bonds is 1. The molecule has 0 saturated carbocycles. The van der Waals surface area contributed by atoms with Crippen molar-refractivity contribution in [2.45, 2.75) is 0 Å². The zero-order chi connectivity index (χ0) is 9.97. The quantitative estimate of drug-likeness (QED) is 0.661. The van der Waals surface area contributed by atoms with E-state index in [1.54, 1.807) is 0 Å². The zero-order valence-electron chi connectivity index (χ0n) is 8.59. The normalized spacial score (nSPS) is 18.9. The highest BCUT2D eigenvalue weighted by atomic mass is 31.1. The molecule has 0 atom stereocenters. The summed E-state index contributed by atoms with van der Waals surface area (Å²) in [5.41, 5.74) is 1.08. The standard InChI is InChI=1S/C10H15N3P/c1-12-8-9-13(2)14(12)11-10-6-4-3-5-7-10/h3-7H,8-9H2,1-2H3/q+1. The van der Waals surface area contributed by atoms with Crippen LogP contribution in [0.5, 0.6) is 0 Å². The van der Waals surface area contributed by atoms with Gasteiger partial charge in [-0.3, -0.25) is 0 Å². The largest absolute Gasteiger partial charge is 0.403 e. The molecule has 1 fully saturated rings. The van der Waals surface area contributed by atoms with Gasteiger partial charge < -0.3 is 0 Å². The number of likely N-dealkylation sites (N-methyl/N-ethyl adjacent to an activating group) is 2. The fourth-order valence-electron chi connectivity index (χ4n) is 1.48. The van der Waals surface area contributed by atoms with Crippen molar-refractivity contribution in [1.82, 2.24) is 9.34 Å². The van der Waals surface area contributed by atoms with E-state index in [0.29, 0.717) is 0 Å². The first kappa shape index (κ1) is 9.78. The van der Waals surface area contributed by atoms with Gasteiger partial charge in [-0.15, -0.1) is 0 Å². The Labute approximate surface area is 85.9 Å². The van der Waals surface area contributed by atoms with Crippen molar-refractivity contribution in [2.24, 2.45) is 4.74 Å². The maximum atomic E-state index is 4.74. The topological polar surface area (TPSA) is 18.8 Å². The lowest BCUT2D eigenvalue weighted by molar-refractivity contribution is 0.553. The predicted octanol–water partition coefficient (Wildman–Crippen LogP) is 2.69. The summed E-state index contributed by atoms with van der Waals surface area (Å²) < 4.78 is 9.38. The number of hydrogen-bond acceptors (Lipinski definition) is 1. The van der Waals surface area contributed by atoms with Crippen molar-refractivity contribution in [3.05, 3.63) is 30.3 Å². The minimum Gasteiger partial charge on any atom is -0.0972 e. The van der Waals surface area contributed by atoms with Crippen LogP contribution in [0.2, 0.25) is 0 Å². The Balaban J connectivity index is 2.26. The Morgan fingerprint density at radius 2 is 1.64 bits per heavy atom. The second kappa shape index (κ2) is 4.18. The summed E-state index contributed by atoms with van der Waals surface area (Å²) in [6, 6.07) is 10.2. The van der Waals surface area contributed by atoms with Gasteiger partial charge in [0.15, 0.2) is 0 Å². The SMILES string of the molecule is CN1CCN(C)[P+]1=Nc1ccccc1. The number of hydrogen-bond donors (Lipinski definition) is 0. The van der Waals surface area contributed by atoms with Crippen molar-refractivity contribution >= 4 is 13.7 Å². The highest BCUT2D eigenvalue weighted by molar-refractivity contribution is 7.42. The molecule has 3 nitrogen and oxygen atoms in total. The van der Waals surface area contributed by atoms with E-state index < -0.39 is 8.01 Å². The maximum absolute atomic E-state index is 4.74. The van der Waals surface area contributed by atoms with Gasteiger partial charge >= 0.3 is 8.01 Å². The molecule has 1 aromatic carbocycles. The van der Waals surface area contributed by atoms with E-state index in [0.717, 1.165) is 18.8 Å². The van der Waals surface area contributed by atoms with Crippen LogP contribution in [0.25, 0.3) is 0 Å². The molecule has 0 bridgehead atoms. The molecule has 74 valence electrons. The monoisotopic (exact) mass is 208 g/mol. The van der Waals surface area contributed by atoms with Crippen LogP contribution in [0.15, 0.2) is 35.1 Å². The third kappa shape index (κ3) is 2.01. The lowest BCUT2D eigenvalue weighted by Crippen LogP contribution is -2.05. The summed E-state index contributed by atoms with van der Waals surface area (Å²) in [7, 11) is 3.83. The smallest absolute Gasteiger partial charge is 0.0972 e. The van der Waals surface area contributed by atoms with E-state index in [4.69, 9.17) is 4.74 Å². The summed E-state index contributed by atoms with van der Waals surface area (Å²) in [6.45, 7) is 2.25. The van der Waals surface area contributed by atoms with Gasteiger partial charge in [-0.1, -0.05) is 27.5 Å². The van der Waals surface area contributed by atoms with Gasteiger partial charge in [0.05, 0.1) is 13.1 Å². The summed E-state index contributed by atoms with van der Waals surface area (Å²) >= 11 is 0. The predicted molar refractivity (Wildman–Crippen MR) is 60.7 cm³/mol. The molecule has 2 rings (SSSR count). The Morgan fingerprint density at radius 1 is 1.07 bits per heavy atom. The van der Waals surface area contributed by atoms with Crippen LogP contribution in [0, 0.1) is 0 Å². The Bertz CT molecular complexity index is 324. The minimum absolute atomic E-state index is 0.452. The lowest BCUT2D eigenvalue weighted by atomic mass is 10.3. The molecular weight excluding hydrogens is 193 g/mol. The summed E-state index contributed by atoms with van der Waals surface area (Å²) in [6.07, 6.45) is 0. The van der Waals surface area contributed by atoms with Crippen LogP contribution in [0.3, 0.4) is 0 Å². The highest BCUT2D eigenvalue weighted by Crippen LogP contribution is 2.40. The molecule has 4 heteroatoms. The molecule has 0 aliphatic carbocycles. The van der Waals surface area contributed by atoms with Gasteiger partial charge in [0.1, 0.15) is 5.69 Å². The molecule has 0 amide bonds. The molecule has 14 heavy (non-hydrogen) atoms. The third-order valence-electron chi connectivity index (χ3n) is 2.32.